The molecule has 0 saturated carbocycles. The van der Waals surface area contributed by atoms with Crippen molar-refractivity contribution in [2.24, 2.45) is 11.7 Å². The van der Waals surface area contributed by atoms with Gasteiger partial charge in [-0.05, 0) is 12.1 Å². The molecule has 0 aliphatic carbocycles. The highest BCUT2D eigenvalue weighted by molar-refractivity contribution is 6.32. The van der Waals surface area contributed by atoms with Crippen molar-refractivity contribution in [3.63, 3.8) is 0 Å². The smallest absolute Gasteiger partial charge is 0.396 e. The van der Waals surface area contributed by atoms with Gasteiger partial charge in [0.1, 0.15) is 12.5 Å². The van der Waals surface area contributed by atoms with Gasteiger partial charge in [0.25, 0.3) is 0 Å². The molecule has 0 fully saturated rings. The number of halogens is 5. The second-order valence-electron chi connectivity index (χ2n) is 3.34. The largest absolute Gasteiger partial charge is 0.488 e. The maximum Gasteiger partial charge on any atom is 0.396 e. The summed E-state index contributed by atoms with van der Waals surface area (Å²) < 4.78 is 54.9. The van der Waals surface area contributed by atoms with Gasteiger partial charge in [0.05, 0.1) is 5.02 Å². The standard InChI is InChI=1S/C10H10ClF4NO/c11-7-2-1-3-8(12)9(7)17-5-6(4-16)10(13,14)15/h1-3,6H,4-5,16H2. The molecule has 17 heavy (non-hydrogen) atoms. The van der Waals surface area contributed by atoms with Crippen molar-refractivity contribution in [2.45, 2.75) is 6.18 Å². The summed E-state index contributed by atoms with van der Waals surface area (Å²) in [4.78, 5) is 0. The van der Waals surface area contributed by atoms with Crippen molar-refractivity contribution < 1.29 is 22.3 Å². The second kappa shape index (κ2) is 5.55. The van der Waals surface area contributed by atoms with Gasteiger partial charge in [-0.25, -0.2) is 4.39 Å². The number of rotatable bonds is 4. The lowest BCUT2D eigenvalue weighted by atomic mass is 10.1. The molecule has 0 spiro atoms. The van der Waals surface area contributed by atoms with Crippen molar-refractivity contribution in [2.75, 3.05) is 13.2 Å². The van der Waals surface area contributed by atoms with Crippen molar-refractivity contribution in [1.82, 2.24) is 0 Å². The van der Waals surface area contributed by atoms with Gasteiger partial charge < -0.3 is 10.5 Å². The van der Waals surface area contributed by atoms with Gasteiger partial charge >= 0.3 is 6.18 Å². The average molecular weight is 272 g/mol. The number of nitrogens with two attached hydrogens (primary N) is 1. The first-order valence-corrected chi connectivity index (χ1v) is 5.07. The predicted octanol–water partition coefficient (Wildman–Crippen LogP) is 3.00. The van der Waals surface area contributed by atoms with Crippen LogP contribution in [-0.4, -0.2) is 19.3 Å². The molecule has 0 saturated heterocycles. The third-order valence-electron chi connectivity index (χ3n) is 2.10. The molecule has 0 aliphatic heterocycles. The van der Waals surface area contributed by atoms with E-state index in [0.29, 0.717) is 0 Å². The number of hydrogen-bond donors (Lipinski definition) is 1. The highest BCUT2D eigenvalue weighted by Crippen LogP contribution is 2.30. The fraction of sp³-hybridized carbons (Fsp3) is 0.400. The van der Waals surface area contributed by atoms with Gasteiger partial charge in [0, 0.05) is 6.54 Å². The summed E-state index contributed by atoms with van der Waals surface area (Å²) in [6, 6.07) is 3.70. The SMILES string of the molecule is NCC(COc1c(F)cccc1Cl)C(F)(F)F. The van der Waals surface area contributed by atoms with Crippen molar-refractivity contribution >= 4 is 11.6 Å². The van der Waals surface area contributed by atoms with Gasteiger partial charge in [-0.15, -0.1) is 0 Å². The Morgan fingerprint density at radius 3 is 2.47 bits per heavy atom. The fourth-order valence-electron chi connectivity index (χ4n) is 1.10. The first-order chi connectivity index (χ1) is 7.86. The first kappa shape index (κ1) is 14.1. The Balaban J connectivity index is 2.73. The number of hydrogen-bond acceptors (Lipinski definition) is 2. The quantitative estimate of drug-likeness (QED) is 0.855. The van der Waals surface area contributed by atoms with E-state index in [0.717, 1.165) is 6.07 Å². The van der Waals surface area contributed by atoms with Crippen LogP contribution >= 0.6 is 11.6 Å². The number of alkyl halides is 3. The summed E-state index contributed by atoms with van der Waals surface area (Å²) in [6.07, 6.45) is -4.48. The summed E-state index contributed by atoms with van der Waals surface area (Å²) in [5.74, 6) is -3.05. The van der Waals surface area contributed by atoms with Crippen molar-refractivity contribution in [3.05, 3.63) is 29.0 Å². The molecule has 1 rings (SSSR count). The summed E-state index contributed by atoms with van der Waals surface area (Å²) in [6.45, 7) is -1.39. The maximum atomic E-state index is 13.2. The van der Waals surface area contributed by atoms with Crippen LogP contribution in [0.4, 0.5) is 17.6 Å². The normalized spacial score (nSPS) is 13.5. The van der Waals surface area contributed by atoms with E-state index in [9.17, 15) is 17.6 Å². The highest BCUT2D eigenvalue weighted by Gasteiger charge is 2.39. The van der Waals surface area contributed by atoms with Crippen LogP contribution in [0.2, 0.25) is 5.02 Å². The molecular weight excluding hydrogens is 262 g/mol. The molecule has 2 nitrogen and oxygen atoms in total. The van der Waals surface area contributed by atoms with Gasteiger partial charge in [0.15, 0.2) is 11.6 Å². The van der Waals surface area contributed by atoms with Crippen LogP contribution in [0.15, 0.2) is 18.2 Å². The molecule has 0 aliphatic rings. The Kier molecular flexibility index (Phi) is 4.59. The van der Waals surface area contributed by atoms with Crippen molar-refractivity contribution in [1.29, 1.82) is 0 Å². The lowest BCUT2D eigenvalue weighted by molar-refractivity contribution is -0.178. The zero-order chi connectivity index (χ0) is 13.1. The van der Waals surface area contributed by atoms with E-state index in [1.54, 1.807) is 0 Å². The van der Waals surface area contributed by atoms with E-state index in [4.69, 9.17) is 22.1 Å². The van der Waals surface area contributed by atoms with Crippen LogP contribution < -0.4 is 10.5 Å². The first-order valence-electron chi connectivity index (χ1n) is 4.70. The van der Waals surface area contributed by atoms with E-state index in [1.807, 2.05) is 0 Å². The minimum atomic E-state index is -4.48. The molecule has 0 aromatic heterocycles. The summed E-state index contributed by atoms with van der Waals surface area (Å²) >= 11 is 5.59. The summed E-state index contributed by atoms with van der Waals surface area (Å²) in [7, 11) is 0. The van der Waals surface area contributed by atoms with E-state index >= 15 is 0 Å². The van der Waals surface area contributed by atoms with Gasteiger partial charge in [0.2, 0.25) is 0 Å². The molecule has 0 radical (unpaired) electrons. The van der Waals surface area contributed by atoms with Crippen LogP contribution in [0.1, 0.15) is 0 Å². The van der Waals surface area contributed by atoms with E-state index in [-0.39, 0.29) is 5.02 Å². The number of para-hydroxylation sites is 1. The molecular formula is C10H10ClF4NO. The van der Waals surface area contributed by atoms with Crippen LogP contribution in [0.25, 0.3) is 0 Å². The van der Waals surface area contributed by atoms with E-state index in [1.165, 1.54) is 12.1 Å². The zero-order valence-corrected chi connectivity index (χ0v) is 9.35. The molecule has 2 N–H and O–H groups in total. The van der Waals surface area contributed by atoms with Gasteiger partial charge in [-0.1, -0.05) is 17.7 Å². The Hall–Kier alpha value is -1.01. The molecule has 1 aromatic rings. The minimum absolute atomic E-state index is 0.0806. The maximum absolute atomic E-state index is 13.2. The predicted molar refractivity (Wildman–Crippen MR) is 55.5 cm³/mol. The van der Waals surface area contributed by atoms with Crippen LogP contribution in [0.5, 0.6) is 5.75 Å². The van der Waals surface area contributed by atoms with E-state index < -0.39 is 36.8 Å². The lowest BCUT2D eigenvalue weighted by Crippen LogP contribution is -2.35. The molecule has 1 unspecified atom stereocenters. The summed E-state index contributed by atoms with van der Waals surface area (Å²) in [5.41, 5.74) is 4.97. The minimum Gasteiger partial charge on any atom is -0.488 e. The Morgan fingerprint density at radius 1 is 1.35 bits per heavy atom. The Morgan fingerprint density at radius 2 is 2.00 bits per heavy atom. The van der Waals surface area contributed by atoms with Crippen molar-refractivity contribution in [3.8, 4) is 5.75 Å². The molecule has 96 valence electrons. The number of benzene rings is 1. The second-order valence-corrected chi connectivity index (χ2v) is 3.74. The lowest BCUT2D eigenvalue weighted by Gasteiger charge is -2.19. The molecule has 0 heterocycles. The van der Waals surface area contributed by atoms with Crippen LogP contribution in [-0.2, 0) is 0 Å². The third kappa shape index (κ3) is 3.74. The highest BCUT2D eigenvalue weighted by atomic mass is 35.5. The molecule has 0 amide bonds. The Bertz CT molecular complexity index is 363. The zero-order valence-electron chi connectivity index (χ0n) is 8.60. The summed E-state index contributed by atoms with van der Waals surface area (Å²) in [5, 5.41) is -0.0806. The molecule has 7 heteroatoms. The van der Waals surface area contributed by atoms with Gasteiger partial charge in [-0.3, -0.25) is 0 Å². The topological polar surface area (TPSA) is 35.2 Å². The molecule has 0 bridgehead atoms. The molecule has 1 atom stereocenters. The third-order valence-corrected chi connectivity index (χ3v) is 2.39. The monoisotopic (exact) mass is 271 g/mol. The molecule has 1 aromatic carbocycles. The van der Waals surface area contributed by atoms with Gasteiger partial charge in [-0.2, -0.15) is 13.2 Å². The number of ether oxygens (including phenoxy) is 1. The Labute approximate surface area is 100 Å². The average Bonchev–Trinajstić information content (AvgIpc) is 2.20. The van der Waals surface area contributed by atoms with Crippen LogP contribution in [0.3, 0.4) is 0 Å². The van der Waals surface area contributed by atoms with Crippen LogP contribution in [0, 0.1) is 11.7 Å². The fourth-order valence-corrected chi connectivity index (χ4v) is 1.32. The van der Waals surface area contributed by atoms with E-state index in [2.05, 4.69) is 0 Å².